The normalized spacial score (nSPS) is 20.8. The van der Waals surface area contributed by atoms with Gasteiger partial charge in [0.15, 0.2) is 0 Å². The van der Waals surface area contributed by atoms with Gasteiger partial charge >= 0.3 is 6.09 Å². The zero-order valence-electron chi connectivity index (χ0n) is 21.2. The fourth-order valence-electron chi connectivity index (χ4n) is 6.09. The van der Waals surface area contributed by atoms with Crippen molar-refractivity contribution in [3.8, 4) is 5.75 Å². The summed E-state index contributed by atoms with van der Waals surface area (Å²) in [5, 5.41) is 0. The summed E-state index contributed by atoms with van der Waals surface area (Å²) in [6.45, 7) is 2.68. The van der Waals surface area contributed by atoms with Crippen molar-refractivity contribution < 1.29 is 19.1 Å². The van der Waals surface area contributed by atoms with E-state index in [1.165, 1.54) is 20.9 Å². The Bertz CT molecular complexity index is 1130. The molecule has 0 bridgehead atoms. The minimum atomic E-state index is -0.332. The van der Waals surface area contributed by atoms with E-state index < -0.39 is 0 Å². The zero-order chi connectivity index (χ0) is 25.2. The number of nitrogens with zero attached hydrogens (tertiary/aromatic N) is 3. The maximum atomic E-state index is 12.5. The first kappa shape index (κ1) is 24.5. The van der Waals surface area contributed by atoms with Gasteiger partial charge in [0, 0.05) is 32.6 Å². The highest BCUT2D eigenvalue weighted by atomic mass is 16.6. The van der Waals surface area contributed by atoms with Crippen LogP contribution in [0.4, 0.5) is 4.79 Å². The minimum absolute atomic E-state index is 0.157. The van der Waals surface area contributed by atoms with Gasteiger partial charge in [-0.2, -0.15) is 0 Å². The molecule has 36 heavy (non-hydrogen) atoms. The number of benzene rings is 2. The number of ether oxygens (including phenoxy) is 1. The second-order valence-electron chi connectivity index (χ2n) is 10.3. The number of rotatable bonds is 8. The smallest absolute Gasteiger partial charge is 0.410 e. The molecule has 5 rings (SSSR count). The van der Waals surface area contributed by atoms with Crippen LogP contribution in [0.3, 0.4) is 0 Å². The van der Waals surface area contributed by atoms with Crippen molar-refractivity contribution in [3.05, 3.63) is 64.7 Å². The molecule has 1 aliphatic carbocycles. The summed E-state index contributed by atoms with van der Waals surface area (Å²) in [6.07, 6.45) is 6.91. The Balaban J connectivity index is 1.08. The second-order valence-corrected chi connectivity index (χ2v) is 10.3. The van der Waals surface area contributed by atoms with E-state index in [9.17, 15) is 14.4 Å². The number of carbonyl (C=O) groups is 3. The van der Waals surface area contributed by atoms with Crippen molar-refractivity contribution in [1.82, 2.24) is 14.7 Å². The summed E-state index contributed by atoms with van der Waals surface area (Å²) in [5.74, 6) is 0.897. The van der Waals surface area contributed by atoms with E-state index in [4.69, 9.17) is 4.74 Å². The van der Waals surface area contributed by atoms with Crippen molar-refractivity contribution in [2.45, 2.75) is 56.9 Å². The van der Waals surface area contributed by atoms with Gasteiger partial charge in [0.05, 0.1) is 11.1 Å². The van der Waals surface area contributed by atoms with Gasteiger partial charge in [-0.1, -0.05) is 37.1 Å². The molecule has 2 aromatic carbocycles. The number of amides is 3. The standard InChI is InChI=1S/C29H35N3O4/c1-30(2)29(35)36-26-13-9-12-20-21-16-19-31(25(21)15-14-22(20)26)17-7-3-4-8-18-32-27(33)23-10-5-6-11-24(23)28(32)34/h5-6,9-13,21,25H,3-4,7-8,14-19H2,1-2H3/t21-,25+/m0/s1. The predicted molar refractivity (Wildman–Crippen MR) is 137 cm³/mol. The fraction of sp³-hybridized carbons (Fsp3) is 0.483. The molecule has 0 aromatic heterocycles. The van der Waals surface area contributed by atoms with Gasteiger partial charge in [-0.15, -0.1) is 0 Å². The van der Waals surface area contributed by atoms with Crippen molar-refractivity contribution in [3.63, 3.8) is 0 Å². The van der Waals surface area contributed by atoms with Crippen molar-refractivity contribution in [1.29, 1.82) is 0 Å². The maximum Gasteiger partial charge on any atom is 0.414 e. The average Bonchev–Trinajstić information content (AvgIpc) is 3.40. The quantitative estimate of drug-likeness (QED) is 0.397. The van der Waals surface area contributed by atoms with Gasteiger partial charge in [0.1, 0.15) is 5.75 Å². The molecule has 2 atom stereocenters. The van der Waals surface area contributed by atoms with E-state index in [-0.39, 0.29) is 17.9 Å². The molecule has 0 spiro atoms. The molecule has 0 unspecified atom stereocenters. The molecule has 7 nitrogen and oxygen atoms in total. The Hall–Kier alpha value is -3.19. The van der Waals surface area contributed by atoms with Crippen LogP contribution in [-0.2, 0) is 6.42 Å². The summed E-state index contributed by atoms with van der Waals surface area (Å²) in [7, 11) is 3.40. The number of likely N-dealkylation sites (tertiary alicyclic amines) is 1. The highest BCUT2D eigenvalue weighted by molar-refractivity contribution is 6.21. The molecule has 0 N–H and O–H groups in total. The van der Waals surface area contributed by atoms with Crippen LogP contribution in [0.15, 0.2) is 42.5 Å². The zero-order valence-corrected chi connectivity index (χ0v) is 21.2. The van der Waals surface area contributed by atoms with Crippen LogP contribution in [0.2, 0.25) is 0 Å². The van der Waals surface area contributed by atoms with E-state index in [0.717, 1.165) is 58.0 Å². The Kier molecular flexibility index (Phi) is 7.10. The van der Waals surface area contributed by atoms with Gasteiger partial charge in [-0.25, -0.2) is 4.79 Å². The van der Waals surface area contributed by atoms with E-state index in [1.54, 1.807) is 38.4 Å². The molecular formula is C29H35N3O4. The number of imide groups is 1. The van der Waals surface area contributed by atoms with Crippen LogP contribution in [0.1, 0.15) is 76.3 Å². The monoisotopic (exact) mass is 489 g/mol. The Morgan fingerprint density at radius 1 is 0.917 bits per heavy atom. The molecule has 2 aromatic rings. The SMILES string of the molecule is CN(C)C(=O)Oc1cccc2c1CC[C@@H]1[C@H]2CCN1CCCCCCN1C(=O)c2ccccc2C1=O. The first-order valence-corrected chi connectivity index (χ1v) is 13.2. The lowest BCUT2D eigenvalue weighted by Crippen LogP contribution is -2.36. The fourth-order valence-corrected chi connectivity index (χ4v) is 6.09. The Morgan fingerprint density at radius 2 is 1.61 bits per heavy atom. The minimum Gasteiger partial charge on any atom is -0.410 e. The highest BCUT2D eigenvalue weighted by Crippen LogP contribution is 2.44. The summed E-state index contributed by atoms with van der Waals surface area (Å²) in [5.41, 5.74) is 3.61. The topological polar surface area (TPSA) is 70.2 Å². The third-order valence-electron chi connectivity index (χ3n) is 7.94. The largest absolute Gasteiger partial charge is 0.414 e. The molecule has 2 heterocycles. The Labute approximate surface area is 213 Å². The van der Waals surface area contributed by atoms with Gasteiger partial charge < -0.3 is 9.64 Å². The van der Waals surface area contributed by atoms with Gasteiger partial charge in [0.2, 0.25) is 0 Å². The third kappa shape index (κ3) is 4.64. The van der Waals surface area contributed by atoms with Crippen LogP contribution < -0.4 is 4.74 Å². The molecule has 190 valence electrons. The summed E-state index contributed by atoms with van der Waals surface area (Å²) >= 11 is 0. The van der Waals surface area contributed by atoms with Crippen molar-refractivity contribution in [2.24, 2.45) is 0 Å². The highest BCUT2D eigenvalue weighted by Gasteiger charge is 2.39. The van der Waals surface area contributed by atoms with Crippen LogP contribution in [-0.4, -0.2) is 72.4 Å². The van der Waals surface area contributed by atoms with Gasteiger partial charge in [0.25, 0.3) is 11.8 Å². The summed E-state index contributed by atoms with van der Waals surface area (Å²) < 4.78 is 5.65. The number of unbranched alkanes of at least 4 members (excludes halogenated alkanes) is 3. The van der Waals surface area contributed by atoms with Crippen molar-refractivity contribution >= 4 is 17.9 Å². The lowest BCUT2D eigenvalue weighted by atomic mass is 9.79. The number of hydrogen-bond donors (Lipinski definition) is 0. The number of hydrogen-bond acceptors (Lipinski definition) is 5. The maximum absolute atomic E-state index is 12.5. The van der Waals surface area contributed by atoms with E-state index in [0.29, 0.717) is 35.4 Å². The average molecular weight is 490 g/mol. The number of carbonyl (C=O) groups excluding carboxylic acids is 3. The van der Waals surface area contributed by atoms with Crippen molar-refractivity contribution in [2.75, 3.05) is 33.7 Å². The third-order valence-corrected chi connectivity index (χ3v) is 7.94. The summed E-state index contributed by atoms with van der Waals surface area (Å²) in [4.78, 5) is 42.6. The molecular weight excluding hydrogens is 454 g/mol. The molecule has 1 saturated heterocycles. The Morgan fingerprint density at radius 3 is 2.31 bits per heavy atom. The van der Waals surface area contributed by atoms with Gasteiger partial charge in [-0.3, -0.25) is 19.4 Å². The van der Waals surface area contributed by atoms with E-state index in [1.807, 2.05) is 12.1 Å². The molecule has 7 heteroatoms. The molecule has 1 fully saturated rings. The first-order chi connectivity index (χ1) is 17.5. The molecule has 3 aliphatic rings. The second kappa shape index (κ2) is 10.4. The lowest BCUT2D eigenvalue weighted by Gasteiger charge is -2.34. The molecule has 0 radical (unpaired) electrons. The summed E-state index contributed by atoms with van der Waals surface area (Å²) in [6, 6.07) is 13.8. The lowest BCUT2D eigenvalue weighted by molar-refractivity contribution is 0.0651. The van der Waals surface area contributed by atoms with E-state index in [2.05, 4.69) is 11.0 Å². The first-order valence-electron chi connectivity index (χ1n) is 13.2. The van der Waals surface area contributed by atoms with Crippen LogP contribution in [0, 0.1) is 0 Å². The van der Waals surface area contributed by atoms with Crippen LogP contribution in [0.5, 0.6) is 5.75 Å². The van der Waals surface area contributed by atoms with Crippen LogP contribution in [0.25, 0.3) is 0 Å². The van der Waals surface area contributed by atoms with E-state index >= 15 is 0 Å². The molecule has 0 saturated carbocycles. The molecule has 3 amide bonds. The number of fused-ring (bicyclic) bond motifs is 4. The predicted octanol–water partition coefficient (Wildman–Crippen LogP) is 4.71. The molecule has 2 aliphatic heterocycles. The van der Waals surface area contributed by atoms with Crippen LogP contribution >= 0.6 is 0 Å². The van der Waals surface area contributed by atoms with Gasteiger partial charge in [-0.05, 0) is 74.5 Å².